The first-order chi connectivity index (χ1) is 7.56. The second-order valence-corrected chi connectivity index (χ2v) is 4.15. The molecule has 0 amide bonds. The van der Waals surface area contributed by atoms with Crippen LogP contribution in [0, 0.1) is 5.92 Å². The van der Waals surface area contributed by atoms with E-state index in [4.69, 9.17) is 21.4 Å². The van der Waals surface area contributed by atoms with Crippen molar-refractivity contribution in [3.63, 3.8) is 0 Å². The molecule has 1 N–H and O–H groups in total. The van der Waals surface area contributed by atoms with Crippen LogP contribution in [0.5, 0.6) is 5.75 Å². The van der Waals surface area contributed by atoms with Crippen LogP contribution in [0.4, 0.5) is 0 Å². The van der Waals surface area contributed by atoms with Gasteiger partial charge >= 0.3 is 5.97 Å². The van der Waals surface area contributed by atoms with Gasteiger partial charge in [0.05, 0.1) is 11.6 Å². The number of benzene rings is 1. The summed E-state index contributed by atoms with van der Waals surface area (Å²) >= 11 is 5.81. The Morgan fingerprint density at radius 1 is 1.56 bits per heavy atom. The quantitative estimate of drug-likeness (QED) is 0.860. The van der Waals surface area contributed by atoms with Crippen molar-refractivity contribution in [2.45, 2.75) is 20.3 Å². The van der Waals surface area contributed by atoms with E-state index < -0.39 is 5.97 Å². The molecule has 88 valence electrons. The van der Waals surface area contributed by atoms with E-state index in [0.29, 0.717) is 18.3 Å². The second kappa shape index (κ2) is 5.75. The topological polar surface area (TPSA) is 46.5 Å². The van der Waals surface area contributed by atoms with Crippen LogP contribution < -0.4 is 4.74 Å². The number of rotatable bonds is 5. The number of hydrogen-bond acceptors (Lipinski definition) is 2. The smallest absolute Gasteiger partial charge is 0.341 e. The van der Waals surface area contributed by atoms with Gasteiger partial charge in [-0.2, -0.15) is 0 Å². The highest BCUT2D eigenvalue weighted by atomic mass is 35.5. The molecule has 16 heavy (non-hydrogen) atoms. The molecule has 0 spiro atoms. The summed E-state index contributed by atoms with van der Waals surface area (Å²) in [5, 5.41) is 9.21. The van der Waals surface area contributed by atoms with E-state index in [-0.39, 0.29) is 10.6 Å². The van der Waals surface area contributed by atoms with Gasteiger partial charge in [-0.25, -0.2) is 4.79 Å². The molecule has 1 atom stereocenters. The first-order valence-corrected chi connectivity index (χ1v) is 5.58. The van der Waals surface area contributed by atoms with Crippen molar-refractivity contribution in [1.82, 2.24) is 0 Å². The van der Waals surface area contributed by atoms with Crippen molar-refractivity contribution in [2.24, 2.45) is 5.92 Å². The predicted molar refractivity (Wildman–Crippen MR) is 63.4 cm³/mol. The summed E-state index contributed by atoms with van der Waals surface area (Å²) in [5.41, 5.74) is 0.0347. The predicted octanol–water partition coefficient (Wildman–Crippen LogP) is 3.46. The van der Waals surface area contributed by atoms with Crippen LogP contribution in [0.3, 0.4) is 0 Å². The number of hydrogen-bond donors (Lipinski definition) is 1. The molecular weight excluding hydrogens is 228 g/mol. The normalized spacial score (nSPS) is 12.2. The van der Waals surface area contributed by atoms with Gasteiger partial charge in [-0.3, -0.25) is 0 Å². The van der Waals surface area contributed by atoms with E-state index >= 15 is 0 Å². The molecule has 1 rings (SSSR count). The lowest BCUT2D eigenvalue weighted by atomic mass is 10.1. The molecular formula is C12H15ClO3. The average Bonchev–Trinajstić information content (AvgIpc) is 2.25. The van der Waals surface area contributed by atoms with Gasteiger partial charge < -0.3 is 9.84 Å². The fraction of sp³-hybridized carbons (Fsp3) is 0.417. The molecule has 1 aromatic carbocycles. The number of carboxylic acids is 1. The Hall–Kier alpha value is -1.22. The molecule has 1 unspecified atom stereocenters. The van der Waals surface area contributed by atoms with E-state index in [0.717, 1.165) is 6.42 Å². The van der Waals surface area contributed by atoms with Crippen LogP contribution in [-0.4, -0.2) is 17.7 Å². The van der Waals surface area contributed by atoms with Crippen LogP contribution in [0.25, 0.3) is 0 Å². The maximum absolute atomic E-state index is 11.0. The number of ether oxygens (including phenoxy) is 1. The van der Waals surface area contributed by atoms with Gasteiger partial charge in [0.25, 0.3) is 0 Å². The molecule has 0 radical (unpaired) electrons. The Morgan fingerprint density at radius 3 is 2.81 bits per heavy atom. The molecule has 0 aromatic heterocycles. The SMILES string of the molecule is CCC(C)COc1cccc(Cl)c1C(=O)O. The Morgan fingerprint density at radius 2 is 2.25 bits per heavy atom. The van der Waals surface area contributed by atoms with Gasteiger partial charge in [0.15, 0.2) is 0 Å². The first-order valence-electron chi connectivity index (χ1n) is 5.20. The molecule has 4 heteroatoms. The minimum atomic E-state index is -1.07. The van der Waals surface area contributed by atoms with Crippen molar-refractivity contribution in [3.05, 3.63) is 28.8 Å². The molecule has 0 fully saturated rings. The summed E-state index contributed by atoms with van der Waals surface area (Å²) in [6.45, 7) is 4.60. The summed E-state index contributed by atoms with van der Waals surface area (Å²) in [7, 11) is 0. The summed E-state index contributed by atoms with van der Waals surface area (Å²) < 4.78 is 5.47. The van der Waals surface area contributed by atoms with E-state index in [9.17, 15) is 4.79 Å². The molecule has 0 aliphatic rings. The fourth-order valence-corrected chi connectivity index (χ4v) is 1.43. The number of halogens is 1. The minimum Gasteiger partial charge on any atom is -0.492 e. The van der Waals surface area contributed by atoms with E-state index in [1.807, 2.05) is 6.92 Å². The van der Waals surface area contributed by atoms with Crippen LogP contribution in [0.1, 0.15) is 30.6 Å². The van der Waals surface area contributed by atoms with Crippen molar-refractivity contribution in [2.75, 3.05) is 6.61 Å². The Kier molecular flexibility index (Phi) is 4.62. The van der Waals surface area contributed by atoms with Crippen molar-refractivity contribution in [3.8, 4) is 5.75 Å². The lowest BCUT2D eigenvalue weighted by Gasteiger charge is -2.13. The van der Waals surface area contributed by atoms with Crippen molar-refractivity contribution in [1.29, 1.82) is 0 Å². The molecule has 0 aliphatic carbocycles. The maximum Gasteiger partial charge on any atom is 0.341 e. The highest BCUT2D eigenvalue weighted by molar-refractivity contribution is 6.33. The highest BCUT2D eigenvalue weighted by Crippen LogP contribution is 2.26. The number of aromatic carboxylic acids is 1. The molecule has 0 heterocycles. The zero-order valence-electron chi connectivity index (χ0n) is 9.37. The number of carboxylic acid groups (broad SMARTS) is 1. The van der Waals surface area contributed by atoms with E-state index in [1.165, 1.54) is 0 Å². The monoisotopic (exact) mass is 242 g/mol. The summed E-state index contributed by atoms with van der Waals surface area (Å²) in [6.07, 6.45) is 0.989. The van der Waals surface area contributed by atoms with Crippen LogP contribution in [-0.2, 0) is 0 Å². The Bertz CT molecular complexity index is 377. The van der Waals surface area contributed by atoms with Gasteiger partial charge in [0, 0.05) is 0 Å². The molecule has 0 saturated heterocycles. The van der Waals surface area contributed by atoms with Crippen molar-refractivity contribution < 1.29 is 14.6 Å². The fourth-order valence-electron chi connectivity index (χ4n) is 1.18. The average molecular weight is 243 g/mol. The van der Waals surface area contributed by atoms with Gasteiger partial charge in [-0.05, 0) is 18.1 Å². The second-order valence-electron chi connectivity index (χ2n) is 3.74. The molecule has 0 aliphatic heterocycles. The third-order valence-electron chi connectivity index (χ3n) is 2.41. The van der Waals surface area contributed by atoms with Gasteiger partial charge in [0.1, 0.15) is 11.3 Å². The van der Waals surface area contributed by atoms with Gasteiger partial charge in [-0.15, -0.1) is 0 Å². The zero-order chi connectivity index (χ0) is 12.1. The zero-order valence-corrected chi connectivity index (χ0v) is 10.1. The van der Waals surface area contributed by atoms with Crippen molar-refractivity contribution >= 4 is 17.6 Å². The van der Waals surface area contributed by atoms with Crippen LogP contribution in [0.2, 0.25) is 5.02 Å². The van der Waals surface area contributed by atoms with Gasteiger partial charge in [-0.1, -0.05) is 37.9 Å². The lowest BCUT2D eigenvalue weighted by Crippen LogP contribution is -2.10. The Balaban J connectivity index is 2.87. The lowest BCUT2D eigenvalue weighted by molar-refractivity contribution is 0.0691. The summed E-state index contributed by atoms with van der Waals surface area (Å²) in [6, 6.07) is 4.85. The largest absolute Gasteiger partial charge is 0.492 e. The minimum absolute atomic E-state index is 0.0347. The molecule has 0 bridgehead atoms. The third-order valence-corrected chi connectivity index (χ3v) is 2.72. The third kappa shape index (κ3) is 3.14. The van der Waals surface area contributed by atoms with E-state index in [1.54, 1.807) is 18.2 Å². The van der Waals surface area contributed by atoms with E-state index in [2.05, 4.69) is 6.92 Å². The van der Waals surface area contributed by atoms with Crippen LogP contribution in [0.15, 0.2) is 18.2 Å². The maximum atomic E-state index is 11.0. The number of carbonyl (C=O) groups is 1. The van der Waals surface area contributed by atoms with Gasteiger partial charge in [0.2, 0.25) is 0 Å². The Labute approximate surface area is 100.0 Å². The standard InChI is InChI=1S/C12H15ClO3/c1-3-8(2)7-16-10-6-4-5-9(13)11(10)12(14)15/h4-6,8H,3,7H2,1-2H3,(H,14,15). The first kappa shape index (κ1) is 12.8. The highest BCUT2D eigenvalue weighted by Gasteiger charge is 2.15. The summed E-state index contributed by atoms with van der Waals surface area (Å²) in [5.74, 6) is -0.342. The summed E-state index contributed by atoms with van der Waals surface area (Å²) in [4.78, 5) is 11.0. The molecule has 1 aromatic rings. The molecule has 3 nitrogen and oxygen atoms in total. The molecule has 0 saturated carbocycles. The van der Waals surface area contributed by atoms with Crippen LogP contribution >= 0.6 is 11.6 Å².